The number of pyridine rings is 2. The lowest BCUT2D eigenvalue weighted by Crippen LogP contribution is -2.49. The molecule has 1 atom stereocenters. The molecule has 7 nitrogen and oxygen atoms in total. The maximum Gasteiger partial charge on any atom is 0.263 e. The number of aromatic nitrogens is 2. The first kappa shape index (κ1) is 28.9. The molecule has 0 spiro atoms. The van der Waals surface area contributed by atoms with Gasteiger partial charge in [0, 0.05) is 35.4 Å². The van der Waals surface area contributed by atoms with Crippen LogP contribution in [0.2, 0.25) is 5.02 Å². The van der Waals surface area contributed by atoms with E-state index in [2.05, 4.69) is 58.3 Å². The Balaban J connectivity index is 1.49. The van der Waals surface area contributed by atoms with Gasteiger partial charge in [-0.15, -0.1) is 12.0 Å². The Morgan fingerprint density at radius 2 is 1.93 bits per heavy atom. The van der Waals surface area contributed by atoms with Crippen LogP contribution in [0, 0.1) is 17.8 Å². The van der Waals surface area contributed by atoms with E-state index in [4.69, 9.17) is 18.0 Å². The summed E-state index contributed by atoms with van der Waals surface area (Å²) in [6.45, 7) is 6.96. The third-order valence-corrected chi connectivity index (χ3v) is 8.09. The van der Waals surface area contributed by atoms with Crippen molar-refractivity contribution in [2.24, 2.45) is 5.41 Å². The van der Waals surface area contributed by atoms with Crippen LogP contribution in [0.5, 0.6) is 0 Å². The van der Waals surface area contributed by atoms with Gasteiger partial charge in [-0.05, 0) is 48.1 Å². The van der Waals surface area contributed by atoms with E-state index in [0.29, 0.717) is 50.5 Å². The van der Waals surface area contributed by atoms with Crippen LogP contribution in [0.25, 0.3) is 21.8 Å². The Morgan fingerprint density at radius 3 is 2.63 bits per heavy atom. The Kier molecular flexibility index (Phi) is 7.27. The molecule has 0 unspecified atom stereocenters. The highest BCUT2D eigenvalue weighted by molar-refractivity contribution is 6.35. The lowest BCUT2D eigenvalue weighted by Gasteiger charge is -2.26. The van der Waals surface area contributed by atoms with E-state index in [1.807, 2.05) is 30.3 Å². The maximum atomic E-state index is 16.1. The molecular weight excluding hydrogens is 575 g/mol. The van der Waals surface area contributed by atoms with Gasteiger partial charge in [-0.25, -0.2) is 8.78 Å². The largest absolute Gasteiger partial charge is 0.383 e. The van der Waals surface area contributed by atoms with Crippen molar-refractivity contribution in [1.82, 2.24) is 25.9 Å². The minimum Gasteiger partial charge on any atom is -0.383 e. The van der Waals surface area contributed by atoms with Crippen molar-refractivity contribution in [3.8, 4) is 12.3 Å². The summed E-state index contributed by atoms with van der Waals surface area (Å²) in [6.07, 6.45) is 6.74. The number of hydrogen-bond donors (Lipinski definition) is 4. The average Bonchev–Trinajstić information content (AvgIpc) is 3.70. The minimum absolute atomic E-state index is 0.0389. The average molecular weight is 606 g/mol. The minimum atomic E-state index is -2.73. The number of halogens is 4. The first-order chi connectivity index (χ1) is 20.5. The molecule has 222 valence electrons. The van der Waals surface area contributed by atoms with Crippen molar-refractivity contribution in [3.05, 3.63) is 82.7 Å². The van der Waals surface area contributed by atoms with Gasteiger partial charge in [0.2, 0.25) is 5.95 Å². The van der Waals surface area contributed by atoms with Gasteiger partial charge in [0.1, 0.15) is 11.2 Å². The van der Waals surface area contributed by atoms with Gasteiger partial charge in [-0.3, -0.25) is 15.0 Å². The number of fused-ring (bicyclic) bond motifs is 2. The van der Waals surface area contributed by atoms with E-state index >= 15 is 4.39 Å². The first-order valence-corrected chi connectivity index (χ1v) is 14.3. The standard InChI is InChI=1S/C32H31ClF3N7/c1-5-18-16-38-26-22(25(18)39-17-31(2,3)4)14-19(15-23(26)33)40-27(21-8-6-10-24-20(21)9-7-13-37-24)28-29(34)43(42-41-28)32(11-12-32)30(35)36/h1,6-10,13-16,27,30,40-42H,11-12,17H2,2-4H3,(H,38,39)/t27-/m0/s1. The number of alkyl halides is 2. The van der Waals surface area contributed by atoms with Gasteiger partial charge in [-0.2, -0.15) is 4.39 Å². The van der Waals surface area contributed by atoms with Gasteiger partial charge in [0.15, 0.2) is 0 Å². The number of benzene rings is 2. The molecule has 4 aromatic rings. The van der Waals surface area contributed by atoms with E-state index in [1.54, 1.807) is 24.5 Å². The fourth-order valence-electron chi connectivity index (χ4n) is 5.35. The van der Waals surface area contributed by atoms with E-state index in [9.17, 15) is 8.78 Å². The molecule has 43 heavy (non-hydrogen) atoms. The number of anilines is 2. The van der Waals surface area contributed by atoms with Gasteiger partial charge >= 0.3 is 0 Å². The molecule has 1 fully saturated rings. The molecule has 1 aliphatic heterocycles. The lowest BCUT2D eigenvalue weighted by molar-refractivity contribution is -0.00954. The predicted octanol–water partition coefficient (Wildman–Crippen LogP) is 7.29. The summed E-state index contributed by atoms with van der Waals surface area (Å²) >= 11 is 6.76. The van der Waals surface area contributed by atoms with Gasteiger partial charge in [-0.1, -0.05) is 56.5 Å². The summed E-state index contributed by atoms with van der Waals surface area (Å²) in [5.74, 6) is 1.88. The van der Waals surface area contributed by atoms with Crippen LogP contribution in [-0.4, -0.2) is 33.5 Å². The quantitative estimate of drug-likeness (QED) is 0.124. The molecule has 2 aromatic carbocycles. The summed E-state index contributed by atoms with van der Waals surface area (Å²) < 4.78 is 44.1. The first-order valence-electron chi connectivity index (χ1n) is 13.9. The summed E-state index contributed by atoms with van der Waals surface area (Å²) in [5, 5.41) is 9.62. The molecule has 6 rings (SSSR count). The molecule has 4 N–H and O–H groups in total. The van der Waals surface area contributed by atoms with Gasteiger partial charge in [0.25, 0.3) is 6.43 Å². The normalized spacial score (nSPS) is 16.9. The second kappa shape index (κ2) is 10.8. The molecule has 1 aliphatic carbocycles. The number of rotatable bonds is 8. The number of hydrogen-bond acceptors (Lipinski definition) is 7. The molecule has 3 heterocycles. The van der Waals surface area contributed by atoms with Crippen molar-refractivity contribution < 1.29 is 13.2 Å². The zero-order chi connectivity index (χ0) is 30.5. The Labute approximate surface area is 252 Å². The van der Waals surface area contributed by atoms with Crippen molar-refractivity contribution >= 4 is 44.8 Å². The second-order valence-corrected chi connectivity index (χ2v) is 12.5. The van der Waals surface area contributed by atoms with Crippen LogP contribution in [0.4, 0.5) is 24.5 Å². The van der Waals surface area contributed by atoms with E-state index in [0.717, 1.165) is 10.4 Å². The second-order valence-electron chi connectivity index (χ2n) is 12.1. The van der Waals surface area contributed by atoms with Gasteiger partial charge < -0.3 is 16.1 Å². The highest BCUT2D eigenvalue weighted by Crippen LogP contribution is 2.49. The van der Waals surface area contributed by atoms with Crippen LogP contribution >= 0.6 is 11.6 Å². The Morgan fingerprint density at radius 1 is 1.14 bits per heavy atom. The molecule has 2 aromatic heterocycles. The van der Waals surface area contributed by atoms with E-state index in [-0.39, 0.29) is 24.0 Å². The monoisotopic (exact) mass is 605 g/mol. The smallest absolute Gasteiger partial charge is 0.263 e. The maximum absolute atomic E-state index is 16.1. The summed E-state index contributed by atoms with van der Waals surface area (Å²) in [7, 11) is 0. The molecule has 0 amide bonds. The van der Waals surface area contributed by atoms with Gasteiger partial charge in [0.05, 0.1) is 33.3 Å². The molecule has 0 radical (unpaired) electrons. The number of nitrogens with one attached hydrogen (secondary N) is 4. The van der Waals surface area contributed by atoms with Crippen LogP contribution in [-0.2, 0) is 0 Å². The third-order valence-electron chi connectivity index (χ3n) is 7.80. The van der Waals surface area contributed by atoms with Crippen molar-refractivity contribution in [2.45, 2.75) is 51.6 Å². The molecule has 0 saturated heterocycles. The van der Waals surface area contributed by atoms with Crippen molar-refractivity contribution in [2.75, 3.05) is 17.2 Å². The van der Waals surface area contributed by atoms with Crippen molar-refractivity contribution in [3.63, 3.8) is 0 Å². The van der Waals surface area contributed by atoms with Crippen LogP contribution in [0.3, 0.4) is 0 Å². The third kappa shape index (κ3) is 5.28. The Hall–Kier alpha value is -4.20. The molecule has 0 bridgehead atoms. The fourth-order valence-corrected chi connectivity index (χ4v) is 5.62. The fraction of sp³-hybridized carbons (Fsp3) is 0.312. The summed E-state index contributed by atoms with van der Waals surface area (Å²) in [5.41, 5.74) is 7.70. The topological polar surface area (TPSA) is 77.1 Å². The number of hydrazine groups is 2. The SMILES string of the molecule is C#Cc1cnc2c(Cl)cc(N[C@H](C3=C(F)N(C4(C(F)F)CC4)NN3)c3cccc4ncccc34)cc2c1NCC(C)(C)C. The highest BCUT2D eigenvalue weighted by atomic mass is 35.5. The predicted molar refractivity (Wildman–Crippen MR) is 165 cm³/mol. The molecular formula is C32H31ClF3N7. The summed E-state index contributed by atoms with van der Waals surface area (Å²) in [4.78, 5) is 8.96. The number of terminal acetylenes is 1. The molecule has 1 saturated carbocycles. The zero-order valence-electron chi connectivity index (χ0n) is 23.9. The highest BCUT2D eigenvalue weighted by Gasteiger charge is 2.59. The van der Waals surface area contributed by atoms with Crippen LogP contribution in [0.15, 0.2) is 66.5 Å². The van der Waals surface area contributed by atoms with E-state index in [1.165, 1.54) is 0 Å². The molecule has 11 heteroatoms. The van der Waals surface area contributed by atoms with Crippen LogP contribution < -0.4 is 21.6 Å². The van der Waals surface area contributed by atoms with Crippen molar-refractivity contribution in [1.29, 1.82) is 0 Å². The van der Waals surface area contributed by atoms with Crippen LogP contribution in [0.1, 0.15) is 50.8 Å². The Bertz CT molecular complexity index is 1780. The molecule has 2 aliphatic rings. The summed E-state index contributed by atoms with van der Waals surface area (Å²) in [6, 6.07) is 11.9. The zero-order valence-corrected chi connectivity index (χ0v) is 24.7. The number of nitrogens with zero attached hydrogens (tertiary/aromatic N) is 3. The van der Waals surface area contributed by atoms with E-state index < -0.39 is 24.0 Å². The lowest BCUT2D eigenvalue weighted by atomic mass is 9.96.